The van der Waals surface area contributed by atoms with E-state index in [1.165, 1.54) is 17.7 Å². The molecule has 0 aromatic heterocycles. The second-order valence-corrected chi connectivity index (χ2v) is 6.03. The Labute approximate surface area is 123 Å². The first-order chi connectivity index (χ1) is 9.65. The third-order valence-electron chi connectivity index (χ3n) is 4.17. The highest BCUT2D eigenvalue weighted by molar-refractivity contribution is 6.30. The minimum Gasteiger partial charge on any atom is -0.333 e. The van der Waals surface area contributed by atoms with Gasteiger partial charge in [-0.15, -0.1) is 0 Å². The maximum atomic E-state index is 12.4. The van der Waals surface area contributed by atoms with Gasteiger partial charge in [0.25, 0.3) is 5.91 Å². The van der Waals surface area contributed by atoms with E-state index in [4.69, 9.17) is 11.6 Å². The summed E-state index contributed by atoms with van der Waals surface area (Å²) < 4.78 is 0. The average molecular weight is 294 g/mol. The van der Waals surface area contributed by atoms with Crippen LogP contribution in [0.3, 0.4) is 0 Å². The van der Waals surface area contributed by atoms with Gasteiger partial charge >= 0.3 is 0 Å². The molecule has 0 spiro atoms. The molecule has 1 saturated heterocycles. The Morgan fingerprint density at radius 1 is 1.10 bits per heavy atom. The van der Waals surface area contributed by atoms with Crippen molar-refractivity contribution < 1.29 is 14.9 Å². The molecule has 0 radical (unpaired) electrons. The summed E-state index contributed by atoms with van der Waals surface area (Å²) in [5.41, 5.74) is 0.617. The number of hydrogen-bond acceptors (Lipinski definition) is 2. The van der Waals surface area contributed by atoms with Gasteiger partial charge in [-0.05, 0) is 49.9 Å². The second kappa shape index (κ2) is 5.54. The predicted octanol–water partition coefficient (Wildman–Crippen LogP) is 1.48. The zero-order chi connectivity index (χ0) is 14.1. The molecule has 1 heterocycles. The minimum absolute atomic E-state index is 0.0933. The number of amides is 2. The molecule has 2 aliphatic rings. The minimum atomic E-state index is -0.249. The van der Waals surface area contributed by atoms with Crippen molar-refractivity contribution in [2.75, 3.05) is 4.90 Å². The molecular weight excluding hydrogens is 276 g/mol. The predicted molar refractivity (Wildman–Crippen MR) is 76.5 cm³/mol. The Morgan fingerprint density at radius 3 is 2.40 bits per heavy atom. The van der Waals surface area contributed by atoms with Crippen molar-refractivity contribution in [1.29, 1.82) is 0 Å². The summed E-state index contributed by atoms with van der Waals surface area (Å²) in [4.78, 5) is 25.8. The van der Waals surface area contributed by atoms with Crippen molar-refractivity contribution >= 4 is 29.1 Å². The van der Waals surface area contributed by atoms with Crippen LogP contribution in [0.4, 0.5) is 5.69 Å². The van der Waals surface area contributed by atoms with E-state index >= 15 is 0 Å². The van der Waals surface area contributed by atoms with E-state index in [-0.39, 0.29) is 17.9 Å². The highest BCUT2D eigenvalue weighted by atomic mass is 35.5. The Hall–Kier alpha value is -1.39. The lowest BCUT2D eigenvalue weighted by molar-refractivity contribution is -0.706. The van der Waals surface area contributed by atoms with E-state index in [2.05, 4.69) is 5.32 Å². The van der Waals surface area contributed by atoms with E-state index < -0.39 is 0 Å². The maximum Gasteiger partial charge on any atom is 0.292 e. The van der Waals surface area contributed by atoms with Crippen molar-refractivity contribution in [3.8, 4) is 0 Å². The number of quaternary nitrogens is 1. The van der Waals surface area contributed by atoms with Gasteiger partial charge in [0, 0.05) is 5.02 Å². The van der Waals surface area contributed by atoms with E-state index in [0.29, 0.717) is 23.2 Å². The fourth-order valence-electron chi connectivity index (χ4n) is 3.15. The summed E-state index contributed by atoms with van der Waals surface area (Å²) in [5, 5.41) is 2.70. The van der Waals surface area contributed by atoms with Gasteiger partial charge in [0.15, 0.2) is 6.04 Å². The first-order valence-corrected chi connectivity index (χ1v) is 7.50. The molecule has 20 heavy (non-hydrogen) atoms. The first kappa shape index (κ1) is 13.6. The van der Waals surface area contributed by atoms with Crippen LogP contribution in [0.25, 0.3) is 0 Å². The zero-order valence-corrected chi connectivity index (χ0v) is 12.0. The van der Waals surface area contributed by atoms with Gasteiger partial charge in [-0.3, -0.25) is 9.59 Å². The molecule has 5 heteroatoms. The number of rotatable bonds is 3. The summed E-state index contributed by atoms with van der Waals surface area (Å²) in [6.07, 6.45) is 5.07. The lowest BCUT2D eigenvalue weighted by Crippen LogP contribution is -2.95. The Morgan fingerprint density at radius 2 is 1.75 bits per heavy atom. The largest absolute Gasteiger partial charge is 0.333 e. The average Bonchev–Trinajstić information content (AvgIpc) is 3.02. The van der Waals surface area contributed by atoms with E-state index in [1.54, 1.807) is 24.3 Å². The molecule has 1 aromatic rings. The third-order valence-corrected chi connectivity index (χ3v) is 4.42. The Bertz CT molecular complexity index is 523. The van der Waals surface area contributed by atoms with Gasteiger partial charge < -0.3 is 5.32 Å². The second-order valence-electron chi connectivity index (χ2n) is 5.59. The molecule has 1 atom stereocenters. The van der Waals surface area contributed by atoms with Crippen molar-refractivity contribution in [1.82, 2.24) is 0 Å². The summed E-state index contributed by atoms with van der Waals surface area (Å²) in [5.74, 6) is -0.208. The van der Waals surface area contributed by atoms with Crippen molar-refractivity contribution in [3.63, 3.8) is 0 Å². The van der Waals surface area contributed by atoms with Crippen molar-refractivity contribution in [2.24, 2.45) is 0 Å². The van der Waals surface area contributed by atoms with Gasteiger partial charge in [0.2, 0.25) is 5.91 Å². The normalized spacial score (nSPS) is 23.9. The summed E-state index contributed by atoms with van der Waals surface area (Å²) in [6, 6.07) is 7.09. The highest BCUT2D eigenvalue weighted by Gasteiger charge is 2.43. The molecule has 0 bridgehead atoms. The van der Waals surface area contributed by atoms with Gasteiger partial charge in [0.1, 0.15) is 0 Å². The molecule has 106 valence electrons. The van der Waals surface area contributed by atoms with Crippen molar-refractivity contribution in [3.05, 3.63) is 29.3 Å². The van der Waals surface area contributed by atoms with Crippen LogP contribution in [-0.2, 0) is 9.59 Å². The molecule has 1 aromatic carbocycles. The fourth-order valence-corrected chi connectivity index (χ4v) is 3.27. The number of carbonyl (C=O) groups is 2. The lowest BCUT2D eigenvalue weighted by Gasteiger charge is -2.16. The van der Waals surface area contributed by atoms with Crippen LogP contribution in [0, 0.1) is 0 Å². The maximum absolute atomic E-state index is 12.4. The third kappa shape index (κ3) is 2.58. The molecule has 1 saturated carbocycles. The fraction of sp³-hybridized carbons (Fsp3) is 0.467. The van der Waals surface area contributed by atoms with E-state index in [1.807, 2.05) is 0 Å². The van der Waals surface area contributed by atoms with Crippen LogP contribution in [0.1, 0.15) is 32.1 Å². The Balaban J connectivity index is 1.74. The van der Waals surface area contributed by atoms with Gasteiger partial charge in [-0.2, -0.15) is 0 Å². The standard InChI is InChI=1S/C15H17ClN2O2/c16-10-5-7-12(8-6-10)18-14(19)9-13(15(18)20)17-11-3-1-2-4-11/h5-8,11,13,17H,1-4,9H2/p+1/t13-/m0/s1. The van der Waals surface area contributed by atoms with E-state index in [0.717, 1.165) is 12.8 Å². The molecule has 4 nitrogen and oxygen atoms in total. The molecule has 2 N–H and O–H groups in total. The smallest absolute Gasteiger partial charge is 0.292 e. The van der Waals surface area contributed by atoms with Crippen LogP contribution < -0.4 is 10.2 Å². The van der Waals surface area contributed by atoms with Crippen molar-refractivity contribution in [2.45, 2.75) is 44.2 Å². The van der Waals surface area contributed by atoms with Crippen LogP contribution in [0.15, 0.2) is 24.3 Å². The lowest BCUT2D eigenvalue weighted by atomic mass is 10.2. The number of nitrogens with zero attached hydrogens (tertiary/aromatic N) is 1. The van der Waals surface area contributed by atoms with Crippen LogP contribution >= 0.6 is 11.6 Å². The number of imide groups is 1. The number of hydrogen-bond donors (Lipinski definition) is 1. The van der Waals surface area contributed by atoms with Crippen LogP contribution in [0.2, 0.25) is 5.02 Å². The zero-order valence-electron chi connectivity index (χ0n) is 11.2. The van der Waals surface area contributed by atoms with Gasteiger partial charge in [-0.1, -0.05) is 11.6 Å². The van der Waals surface area contributed by atoms with Crippen LogP contribution in [-0.4, -0.2) is 23.9 Å². The molecule has 1 aliphatic heterocycles. The number of benzene rings is 1. The number of carbonyl (C=O) groups excluding carboxylic acids is 2. The molecule has 1 aliphatic carbocycles. The summed E-state index contributed by atoms with van der Waals surface area (Å²) >= 11 is 5.84. The summed E-state index contributed by atoms with van der Waals surface area (Å²) in [7, 11) is 0. The number of anilines is 1. The molecule has 2 fully saturated rings. The molecule has 0 unspecified atom stereocenters. The number of nitrogens with two attached hydrogens (primary N) is 1. The van der Waals surface area contributed by atoms with E-state index in [9.17, 15) is 9.59 Å². The van der Waals surface area contributed by atoms with Gasteiger partial charge in [-0.25, -0.2) is 4.90 Å². The van der Waals surface area contributed by atoms with Gasteiger partial charge in [0.05, 0.1) is 18.2 Å². The molecule has 3 rings (SSSR count). The highest BCUT2D eigenvalue weighted by Crippen LogP contribution is 2.24. The SMILES string of the molecule is O=C1C[C@H]([NH2+]C2CCCC2)C(=O)N1c1ccc(Cl)cc1. The Kier molecular flexibility index (Phi) is 3.76. The molecular formula is C15H18ClN2O2+. The number of halogens is 1. The summed E-state index contributed by atoms with van der Waals surface area (Å²) in [6.45, 7) is 0. The quantitative estimate of drug-likeness (QED) is 0.858. The van der Waals surface area contributed by atoms with Crippen LogP contribution in [0.5, 0.6) is 0 Å². The monoisotopic (exact) mass is 293 g/mol. The first-order valence-electron chi connectivity index (χ1n) is 7.12. The molecule has 2 amide bonds. The topological polar surface area (TPSA) is 54.0 Å².